The maximum absolute atomic E-state index is 13.7. The molecule has 7 heteroatoms. The van der Waals surface area contributed by atoms with Crippen molar-refractivity contribution in [3.63, 3.8) is 0 Å². The van der Waals surface area contributed by atoms with Crippen LogP contribution in [0.1, 0.15) is 31.3 Å². The summed E-state index contributed by atoms with van der Waals surface area (Å²) in [6, 6.07) is 2.18. The first-order valence-corrected chi connectivity index (χ1v) is 7.80. The highest BCUT2D eigenvalue weighted by molar-refractivity contribution is 9.10. The highest BCUT2D eigenvalue weighted by Crippen LogP contribution is 2.24. The van der Waals surface area contributed by atoms with Gasteiger partial charge in [-0.05, 0) is 28.4 Å². The van der Waals surface area contributed by atoms with Gasteiger partial charge in [0.2, 0.25) is 0 Å². The van der Waals surface area contributed by atoms with Crippen LogP contribution >= 0.6 is 27.5 Å². The molecule has 0 spiro atoms. The third-order valence-corrected chi connectivity index (χ3v) is 3.93. The molecular formula is C14H15BrClF2N3. The van der Waals surface area contributed by atoms with E-state index >= 15 is 0 Å². The normalized spacial score (nSPS) is 10.9. The Hall–Kier alpha value is -1.14. The number of H-pyrrole nitrogens is 1. The Morgan fingerprint density at radius 2 is 2.10 bits per heavy atom. The van der Waals surface area contributed by atoms with Crippen LogP contribution in [0.3, 0.4) is 0 Å². The van der Waals surface area contributed by atoms with Gasteiger partial charge in [-0.25, -0.2) is 13.8 Å². The molecular weight excluding hydrogens is 364 g/mol. The first-order valence-electron chi connectivity index (χ1n) is 6.63. The maximum Gasteiger partial charge on any atom is 0.152 e. The number of nitrogens with zero attached hydrogens (tertiary/aromatic N) is 1. The van der Waals surface area contributed by atoms with Crippen LogP contribution in [0.2, 0.25) is 5.15 Å². The molecule has 0 unspecified atom stereocenters. The fraction of sp³-hybridized carbons (Fsp3) is 0.357. The van der Waals surface area contributed by atoms with Crippen LogP contribution in [0.25, 0.3) is 0 Å². The third-order valence-electron chi connectivity index (χ3n) is 3.01. The number of rotatable bonds is 6. The Labute approximate surface area is 135 Å². The van der Waals surface area contributed by atoms with Crippen molar-refractivity contribution in [2.24, 2.45) is 0 Å². The van der Waals surface area contributed by atoms with E-state index < -0.39 is 11.6 Å². The topological polar surface area (TPSA) is 40.7 Å². The quantitative estimate of drug-likeness (QED) is 0.690. The van der Waals surface area contributed by atoms with E-state index in [0.29, 0.717) is 10.8 Å². The summed E-state index contributed by atoms with van der Waals surface area (Å²) in [5.41, 5.74) is 0.738. The van der Waals surface area contributed by atoms with Gasteiger partial charge in [0, 0.05) is 12.5 Å². The zero-order valence-corrected chi connectivity index (χ0v) is 13.8. The molecule has 0 radical (unpaired) electrons. The average molecular weight is 379 g/mol. The minimum absolute atomic E-state index is 0.0801. The molecule has 0 fully saturated rings. The lowest BCUT2D eigenvalue weighted by atomic mass is 10.2. The summed E-state index contributed by atoms with van der Waals surface area (Å²) in [7, 11) is 0. The van der Waals surface area contributed by atoms with Crippen LogP contribution in [0.5, 0.6) is 0 Å². The molecule has 114 valence electrons. The van der Waals surface area contributed by atoms with E-state index in [-0.39, 0.29) is 16.7 Å². The van der Waals surface area contributed by atoms with Crippen molar-refractivity contribution in [3.05, 3.63) is 44.9 Å². The molecule has 1 heterocycles. The molecule has 0 saturated carbocycles. The van der Waals surface area contributed by atoms with Crippen molar-refractivity contribution >= 4 is 33.2 Å². The molecule has 2 N–H and O–H groups in total. The molecule has 21 heavy (non-hydrogen) atoms. The summed E-state index contributed by atoms with van der Waals surface area (Å²) in [6.45, 7) is 2.34. The second-order valence-corrected chi connectivity index (χ2v) is 5.87. The van der Waals surface area contributed by atoms with E-state index in [9.17, 15) is 8.78 Å². The van der Waals surface area contributed by atoms with Gasteiger partial charge in [0.25, 0.3) is 0 Å². The Morgan fingerprint density at radius 3 is 2.81 bits per heavy atom. The van der Waals surface area contributed by atoms with Gasteiger partial charge in [-0.2, -0.15) is 0 Å². The molecule has 0 atom stereocenters. The number of anilines is 1. The van der Waals surface area contributed by atoms with Crippen LogP contribution in [-0.4, -0.2) is 9.97 Å². The van der Waals surface area contributed by atoms with E-state index in [2.05, 4.69) is 38.1 Å². The number of aromatic amines is 1. The first kappa shape index (κ1) is 16.2. The van der Waals surface area contributed by atoms with E-state index in [1.807, 2.05) is 0 Å². The Morgan fingerprint density at radius 1 is 1.33 bits per heavy atom. The van der Waals surface area contributed by atoms with Gasteiger partial charge < -0.3 is 10.3 Å². The van der Waals surface area contributed by atoms with Crippen molar-refractivity contribution in [2.75, 3.05) is 5.32 Å². The molecule has 0 aliphatic heterocycles. The minimum Gasteiger partial charge on any atom is -0.377 e. The molecule has 2 aromatic rings. The van der Waals surface area contributed by atoms with Crippen LogP contribution in [-0.2, 0) is 13.0 Å². The number of benzene rings is 1. The van der Waals surface area contributed by atoms with E-state index in [1.54, 1.807) is 0 Å². The van der Waals surface area contributed by atoms with Crippen molar-refractivity contribution in [2.45, 2.75) is 32.7 Å². The fourth-order valence-electron chi connectivity index (χ4n) is 1.86. The summed E-state index contributed by atoms with van der Waals surface area (Å²) in [5.74, 6) is -0.260. The lowest BCUT2D eigenvalue weighted by molar-refractivity contribution is 0.596. The Balaban J connectivity index is 2.06. The number of hydrogen-bond donors (Lipinski definition) is 2. The second-order valence-electron chi connectivity index (χ2n) is 4.66. The highest BCUT2D eigenvalue weighted by Gasteiger charge is 2.11. The van der Waals surface area contributed by atoms with Crippen molar-refractivity contribution in [1.82, 2.24) is 9.97 Å². The molecule has 3 nitrogen and oxygen atoms in total. The van der Waals surface area contributed by atoms with Gasteiger partial charge in [-0.1, -0.05) is 24.9 Å². The zero-order valence-electron chi connectivity index (χ0n) is 11.4. The second kappa shape index (κ2) is 7.22. The van der Waals surface area contributed by atoms with Crippen molar-refractivity contribution < 1.29 is 8.78 Å². The van der Waals surface area contributed by atoms with Crippen LogP contribution in [0.4, 0.5) is 14.5 Å². The monoisotopic (exact) mass is 377 g/mol. The average Bonchev–Trinajstić information content (AvgIpc) is 2.79. The van der Waals surface area contributed by atoms with Gasteiger partial charge in [-0.3, -0.25) is 0 Å². The summed E-state index contributed by atoms with van der Waals surface area (Å²) in [5, 5.41) is 3.17. The van der Waals surface area contributed by atoms with Crippen LogP contribution in [0.15, 0.2) is 16.6 Å². The van der Waals surface area contributed by atoms with Gasteiger partial charge in [0.05, 0.1) is 22.4 Å². The molecule has 1 aromatic heterocycles. The van der Waals surface area contributed by atoms with Crippen molar-refractivity contribution in [3.8, 4) is 0 Å². The highest BCUT2D eigenvalue weighted by atomic mass is 79.9. The van der Waals surface area contributed by atoms with Gasteiger partial charge in [0.1, 0.15) is 17.5 Å². The molecule has 2 rings (SSSR count). The van der Waals surface area contributed by atoms with E-state index in [4.69, 9.17) is 11.6 Å². The Kier molecular flexibility index (Phi) is 5.58. The number of halogens is 4. The van der Waals surface area contributed by atoms with E-state index in [1.165, 1.54) is 0 Å². The lowest BCUT2D eigenvalue weighted by Gasteiger charge is -2.07. The van der Waals surface area contributed by atoms with Crippen LogP contribution in [0, 0.1) is 11.6 Å². The van der Waals surface area contributed by atoms with Gasteiger partial charge in [-0.15, -0.1) is 0 Å². The third kappa shape index (κ3) is 4.17. The SMILES string of the molecule is CCCCc1nc(Cl)c(CNc2cc(F)c(Br)cc2F)[nH]1. The summed E-state index contributed by atoms with van der Waals surface area (Å²) in [6.07, 6.45) is 2.90. The number of aromatic nitrogens is 2. The van der Waals surface area contributed by atoms with Crippen molar-refractivity contribution in [1.29, 1.82) is 0 Å². The predicted molar refractivity (Wildman–Crippen MR) is 83.6 cm³/mol. The zero-order chi connectivity index (χ0) is 15.4. The first-order chi connectivity index (χ1) is 10.0. The fourth-order valence-corrected chi connectivity index (χ4v) is 2.39. The summed E-state index contributed by atoms with van der Waals surface area (Å²) in [4.78, 5) is 7.31. The predicted octanol–water partition coefficient (Wildman–Crippen LogP) is 5.06. The molecule has 0 aliphatic rings. The number of aryl methyl sites for hydroxylation is 1. The van der Waals surface area contributed by atoms with Crippen LogP contribution < -0.4 is 5.32 Å². The minimum atomic E-state index is -0.537. The largest absolute Gasteiger partial charge is 0.377 e. The summed E-state index contributed by atoms with van der Waals surface area (Å²) < 4.78 is 27.2. The molecule has 1 aromatic carbocycles. The smallest absolute Gasteiger partial charge is 0.152 e. The number of hydrogen-bond acceptors (Lipinski definition) is 2. The van der Waals surface area contributed by atoms with Gasteiger partial charge in [0.15, 0.2) is 5.15 Å². The Bertz CT molecular complexity index is 631. The standard InChI is InChI=1S/C14H15BrClF2N3/c1-2-3-4-13-20-12(14(16)21-13)7-19-11-6-9(17)8(15)5-10(11)18/h5-6,19H,2-4,7H2,1H3,(H,20,21). The number of unbranched alkanes of at least 4 members (excludes halogenated alkanes) is 1. The lowest BCUT2D eigenvalue weighted by Crippen LogP contribution is -2.03. The molecule has 0 saturated heterocycles. The molecule has 0 bridgehead atoms. The number of imidazole rings is 1. The van der Waals surface area contributed by atoms with E-state index in [0.717, 1.165) is 37.2 Å². The maximum atomic E-state index is 13.7. The van der Waals surface area contributed by atoms with Gasteiger partial charge >= 0.3 is 0 Å². The number of nitrogens with one attached hydrogen (secondary N) is 2. The molecule has 0 amide bonds. The molecule has 0 aliphatic carbocycles. The summed E-state index contributed by atoms with van der Waals surface area (Å²) >= 11 is 8.96.